The minimum absolute atomic E-state index is 0.0490. The van der Waals surface area contributed by atoms with Crippen molar-refractivity contribution in [2.75, 3.05) is 12.3 Å². The number of aromatic nitrogens is 2. The van der Waals surface area contributed by atoms with Gasteiger partial charge in [-0.1, -0.05) is 32.0 Å². The van der Waals surface area contributed by atoms with Crippen LogP contribution in [-0.4, -0.2) is 36.9 Å². The van der Waals surface area contributed by atoms with Crippen molar-refractivity contribution >= 4 is 21.7 Å². The number of anilines is 1. The number of nitrogens with zero attached hydrogens (tertiary/aromatic N) is 2. The van der Waals surface area contributed by atoms with Crippen molar-refractivity contribution in [3.8, 4) is 22.5 Å². The predicted octanol–water partition coefficient (Wildman–Crippen LogP) is 2.85. The van der Waals surface area contributed by atoms with Gasteiger partial charge in [0.2, 0.25) is 10.0 Å². The van der Waals surface area contributed by atoms with Crippen molar-refractivity contribution in [1.82, 2.24) is 20.0 Å². The van der Waals surface area contributed by atoms with E-state index in [0.717, 1.165) is 29.5 Å². The van der Waals surface area contributed by atoms with Crippen molar-refractivity contribution in [1.29, 1.82) is 0 Å². The Kier molecular flexibility index (Phi) is 4.98. The predicted molar refractivity (Wildman–Crippen MR) is 126 cm³/mol. The van der Waals surface area contributed by atoms with Crippen molar-refractivity contribution in [2.24, 2.45) is 0 Å². The fraction of sp³-hybridized carbons (Fsp3) is 0.292. The molecule has 0 saturated heterocycles. The highest BCUT2D eigenvalue weighted by Gasteiger charge is 2.32. The molecule has 0 unspecified atom stereocenters. The number of hydrogen-bond donors (Lipinski definition) is 3. The van der Waals surface area contributed by atoms with E-state index in [1.54, 1.807) is 36.5 Å². The van der Waals surface area contributed by atoms with E-state index in [1.165, 1.54) is 0 Å². The van der Waals surface area contributed by atoms with E-state index < -0.39 is 10.0 Å². The lowest BCUT2D eigenvalue weighted by Gasteiger charge is -2.32. The number of rotatable bonds is 5. The Morgan fingerprint density at radius 2 is 1.79 bits per heavy atom. The molecule has 0 spiro atoms. The number of fused-ring (bicyclic) bond motifs is 1. The molecule has 8 nitrogen and oxygen atoms in total. The van der Waals surface area contributed by atoms with E-state index in [9.17, 15) is 13.2 Å². The van der Waals surface area contributed by atoms with Gasteiger partial charge < -0.3 is 11.1 Å². The summed E-state index contributed by atoms with van der Waals surface area (Å²) in [7, 11) is -3.52. The molecular formula is C24H25N5O3S. The smallest absolute Gasteiger partial charge is 0.251 e. The number of carbonyl (C=O) groups is 1. The zero-order valence-corrected chi connectivity index (χ0v) is 19.2. The van der Waals surface area contributed by atoms with Crippen LogP contribution in [0.25, 0.3) is 22.5 Å². The minimum Gasteiger partial charge on any atom is -0.382 e. The number of hydrogen-bond acceptors (Lipinski definition) is 6. The monoisotopic (exact) mass is 463 g/mol. The van der Waals surface area contributed by atoms with Gasteiger partial charge in [0.05, 0.1) is 16.8 Å². The maximum atomic E-state index is 12.4. The fourth-order valence-corrected chi connectivity index (χ4v) is 5.29. The molecule has 3 aromatic rings. The summed E-state index contributed by atoms with van der Waals surface area (Å²) in [6, 6.07) is 12.2. The summed E-state index contributed by atoms with van der Waals surface area (Å²) in [5.41, 5.74) is 10.1. The largest absolute Gasteiger partial charge is 0.382 e. The van der Waals surface area contributed by atoms with Gasteiger partial charge in [-0.3, -0.25) is 4.79 Å². The SMILES string of the molecule is CC1(C)CNC(=O)c2ccc(-c3nc(-c4ccc(S(=O)(=O)NC5CC5)cc4)cnc3N)cc21. The maximum Gasteiger partial charge on any atom is 0.251 e. The van der Waals surface area contributed by atoms with Gasteiger partial charge >= 0.3 is 0 Å². The van der Waals surface area contributed by atoms with Crippen LogP contribution >= 0.6 is 0 Å². The molecule has 2 heterocycles. The van der Waals surface area contributed by atoms with Crippen molar-refractivity contribution < 1.29 is 13.2 Å². The first-order valence-corrected chi connectivity index (χ1v) is 12.3. The molecular weight excluding hydrogens is 438 g/mol. The topological polar surface area (TPSA) is 127 Å². The second-order valence-corrected chi connectivity index (χ2v) is 10.9. The Morgan fingerprint density at radius 3 is 2.48 bits per heavy atom. The molecule has 33 heavy (non-hydrogen) atoms. The number of nitrogens with one attached hydrogen (secondary N) is 2. The van der Waals surface area contributed by atoms with Crippen molar-refractivity contribution in [2.45, 2.75) is 43.0 Å². The zero-order valence-electron chi connectivity index (χ0n) is 18.4. The Hall–Kier alpha value is -3.30. The third-order valence-electron chi connectivity index (χ3n) is 6.12. The summed E-state index contributed by atoms with van der Waals surface area (Å²) in [6.45, 7) is 4.71. The van der Waals surface area contributed by atoms with E-state index in [1.807, 2.05) is 12.1 Å². The average molecular weight is 464 g/mol. The van der Waals surface area contributed by atoms with Gasteiger partial charge in [-0.05, 0) is 42.7 Å². The Labute approximate surface area is 192 Å². The minimum atomic E-state index is -3.52. The highest BCUT2D eigenvalue weighted by molar-refractivity contribution is 7.89. The number of nitrogens with two attached hydrogens (primary N) is 1. The third-order valence-corrected chi connectivity index (χ3v) is 7.65. The highest BCUT2D eigenvalue weighted by atomic mass is 32.2. The van der Waals surface area contributed by atoms with Gasteiger partial charge in [-0.2, -0.15) is 0 Å². The van der Waals surface area contributed by atoms with Crippen LogP contribution < -0.4 is 15.8 Å². The summed E-state index contributed by atoms with van der Waals surface area (Å²) in [6.07, 6.45) is 3.33. The molecule has 1 saturated carbocycles. The van der Waals surface area contributed by atoms with Gasteiger partial charge in [-0.15, -0.1) is 0 Å². The van der Waals surface area contributed by atoms with E-state index in [2.05, 4.69) is 28.9 Å². The molecule has 2 aromatic carbocycles. The molecule has 5 rings (SSSR count). The van der Waals surface area contributed by atoms with E-state index in [-0.39, 0.29) is 28.1 Å². The lowest BCUT2D eigenvalue weighted by Crippen LogP contribution is -2.43. The van der Waals surface area contributed by atoms with E-state index >= 15 is 0 Å². The first-order chi connectivity index (χ1) is 15.6. The van der Waals surface area contributed by atoms with Gasteiger partial charge in [-0.25, -0.2) is 23.1 Å². The molecule has 4 N–H and O–H groups in total. The fourth-order valence-electron chi connectivity index (χ4n) is 3.98. The Bertz CT molecular complexity index is 1360. The summed E-state index contributed by atoms with van der Waals surface area (Å²) < 4.78 is 27.5. The molecule has 0 atom stereocenters. The maximum absolute atomic E-state index is 12.4. The van der Waals surface area contributed by atoms with Gasteiger partial charge in [0.25, 0.3) is 5.91 Å². The number of nitrogen functional groups attached to an aromatic ring is 1. The van der Waals surface area contributed by atoms with Gasteiger partial charge in [0.1, 0.15) is 11.5 Å². The van der Waals surface area contributed by atoms with Crippen LogP contribution in [0.5, 0.6) is 0 Å². The van der Waals surface area contributed by atoms with Crippen LogP contribution in [0.2, 0.25) is 0 Å². The molecule has 9 heteroatoms. The van der Waals surface area contributed by atoms with Crippen LogP contribution in [0.3, 0.4) is 0 Å². The molecule has 170 valence electrons. The molecule has 0 radical (unpaired) electrons. The summed E-state index contributed by atoms with van der Waals surface area (Å²) in [4.78, 5) is 21.5. The van der Waals surface area contributed by atoms with Crippen LogP contribution in [0, 0.1) is 0 Å². The zero-order chi connectivity index (χ0) is 23.4. The molecule has 1 amide bonds. The second kappa shape index (κ2) is 7.64. The van der Waals surface area contributed by atoms with Crippen LogP contribution in [0.4, 0.5) is 5.82 Å². The number of carbonyl (C=O) groups excluding carboxylic acids is 1. The summed E-state index contributed by atoms with van der Waals surface area (Å²) in [5.74, 6) is 0.194. The lowest BCUT2D eigenvalue weighted by molar-refractivity contribution is 0.0930. The molecule has 2 aliphatic rings. The standard InChI is InChI=1S/C24H25N5O3S/c1-24(2)13-27-23(30)18-10-5-15(11-19(18)24)21-22(25)26-12-20(28-21)14-3-8-17(9-4-14)33(31,32)29-16-6-7-16/h3-5,8-12,16,29H,6-7,13H2,1-2H3,(H2,25,26)(H,27,30). The lowest BCUT2D eigenvalue weighted by atomic mass is 9.78. The van der Waals surface area contributed by atoms with Crippen molar-refractivity contribution in [3.05, 3.63) is 59.8 Å². The van der Waals surface area contributed by atoms with Gasteiger partial charge in [0, 0.05) is 34.7 Å². The summed E-state index contributed by atoms with van der Waals surface area (Å²) in [5, 5.41) is 2.92. The molecule has 1 aliphatic heterocycles. The first kappa shape index (κ1) is 21.5. The number of amides is 1. The van der Waals surface area contributed by atoms with Crippen molar-refractivity contribution in [3.63, 3.8) is 0 Å². The normalized spacial score (nSPS) is 17.3. The molecule has 0 bridgehead atoms. The van der Waals surface area contributed by atoms with E-state index in [4.69, 9.17) is 10.7 Å². The summed E-state index contributed by atoms with van der Waals surface area (Å²) >= 11 is 0. The molecule has 1 aromatic heterocycles. The highest BCUT2D eigenvalue weighted by Crippen LogP contribution is 2.34. The Morgan fingerprint density at radius 1 is 1.09 bits per heavy atom. The first-order valence-electron chi connectivity index (χ1n) is 10.8. The van der Waals surface area contributed by atoms with Gasteiger partial charge in [0.15, 0.2) is 0 Å². The number of sulfonamides is 1. The second-order valence-electron chi connectivity index (χ2n) is 9.24. The quantitative estimate of drug-likeness (QED) is 0.534. The Balaban J connectivity index is 1.50. The third kappa shape index (κ3) is 4.09. The van der Waals surface area contributed by atoms with Crippen LogP contribution in [0.15, 0.2) is 53.6 Å². The number of benzene rings is 2. The van der Waals surface area contributed by atoms with Crippen LogP contribution in [-0.2, 0) is 15.4 Å². The molecule has 1 aliphatic carbocycles. The average Bonchev–Trinajstić information content (AvgIpc) is 3.60. The molecule has 1 fully saturated rings. The van der Waals surface area contributed by atoms with Crippen LogP contribution in [0.1, 0.15) is 42.6 Å². The van der Waals surface area contributed by atoms with E-state index in [0.29, 0.717) is 23.5 Å².